The van der Waals surface area contributed by atoms with Crippen molar-refractivity contribution < 1.29 is 18.7 Å². The van der Waals surface area contributed by atoms with Crippen molar-refractivity contribution in [2.45, 2.75) is 25.9 Å². The minimum absolute atomic E-state index is 0.0232. The van der Waals surface area contributed by atoms with E-state index in [1.165, 1.54) is 12.1 Å². The number of ether oxygens (including phenoxy) is 2. The highest BCUT2D eigenvalue weighted by atomic mass is 19.1. The molecular weight excluding hydrogens is 453 g/mol. The second kappa shape index (κ2) is 9.37. The molecule has 11 heteroatoms. The van der Waals surface area contributed by atoms with Crippen LogP contribution >= 0.6 is 0 Å². The third-order valence-corrected chi connectivity index (χ3v) is 5.58. The number of hydrogen-bond acceptors (Lipinski definition) is 9. The summed E-state index contributed by atoms with van der Waals surface area (Å²) in [5.41, 5.74) is 9.16. The fourth-order valence-corrected chi connectivity index (χ4v) is 4.02. The fourth-order valence-electron chi connectivity index (χ4n) is 4.02. The molecule has 0 saturated heterocycles. The quantitative estimate of drug-likeness (QED) is 0.386. The van der Waals surface area contributed by atoms with Gasteiger partial charge in [-0.05, 0) is 55.7 Å². The van der Waals surface area contributed by atoms with Crippen molar-refractivity contribution in [1.82, 2.24) is 24.7 Å². The molecule has 10 nitrogen and oxygen atoms in total. The first-order valence-corrected chi connectivity index (χ1v) is 11.0. The van der Waals surface area contributed by atoms with Crippen molar-refractivity contribution in [2.75, 3.05) is 18.2 Å². The zero-order valence-electron chi connectivity index (χ0n) is 18.9. The molecule has 1 aliphatic carbocycles. The number of fused-ring (bicyclic) bond motifs is 1. The van der Waals surface area contributed by atoms with Gasteiger partial charge in [0.05, 0.1) is 18.5 Å². The van der Waals surface area contributed by atoms with E-state index in [2.05, 4.69) is 25.4 Å². The Morgan fingerprint density at radius 3 is 2.71 bits per heavy atom. The number of nitrogen functional groups attached to an aromatic ring is 1. The first-order chi connectivity index (χ1) is 17.0. The molecule has 4 aromatic rings. The molecular formula is C24H22FN7O3. The molecule has 35 heavy (non-hydrogen) atoms. The zero-order valence-corrected chi connectivity index (χ0v) is 18.9. The van der Waals surface area contributed by atoms with Crippen molar-refractivity contribution in [3.05, 3.63) is 77.1 Å². The van der Waals surface area contributed by atoms with E-state index in [1.807, 2.05) is 12.1 Å². The van der Waals surface area contributed by atoms with Crippen molar-refractivity contribution in [3.8, 4) is 11.4 Å². The van der Waals surface area contributed by atoms with Gasteiger partial charge in [-0.2, -0.15) is 20.1 Å². The van der Waals surface area contributed by atoms with Gasteiger partial charge in [0, 0.05) is 11.3 Å². The van der Waals surface area contributed by atoms with E-state index in [-0.39, 0.29) is 35.8 Å². The van der Waals surface area contributed by atoms with Crippen molar-refractivity contribution in [3.63, 3.8) is 0 Å². The average Bonchev–Trinajstić information content (AvgIpc) is 3.46. The first kappa shape index (κ1) is 22.3. The van der Waals surface area contributed by atoms with Crippen LogP contribution in [0.15, 0.2) is 48.5 Å². The summed E-state index contributed by atoms with van der Waals surface area (Å²) in [7, 11) is 1.56. The Morgan fingerprint density at radius 2 is 1.91 bits per heavy atom. The topological polar surface area (TPSA) is 130 Å². The number of rotatable bonds is 7. The van der Waals surface area contributed by atoms with Gasteiger partial charge in [0.25, 0.3) is 0 Å². The normalized spacial score (nSPS) is 12.3. The highest BCUT2D eigenvalue weighted by molar-refractivity contribution is 5.89. The van der Waals surface area contributed by atoms with E-state index < -0.39 is 5.97 Å². The van der Waals surface area contributed by atoms with Crippen LogP contribution in [-0.4, -0.2) is 37.8 Å². The van der Waals surface area contributed by atoms with E-state index in [9.17, 15) is 9.18 Å². The largest absolute Gasteiger partial charge is 0.495 e. The molecule has 0 saturated carbocycles. The number of nitrogens with one attached hydrogen (secondary N) is 1. The van der Waals surface area contributed by atoms with E-state index in [0.717, 1.165) is 24.1 Å². The van der Waals surface area contributed by atoms with Gasteiger partial charge < -0.3 is 20.5 Å². The number of nitrogens with zero attached hydrogens (tertiary/aromatic N) is 5. The number of para-hydroxylation sites is 2. The minimum atomic E-state index is -0.595. The molecule has 5 rings (SSSR count). The molecule has 0 bridgehead atoms. The molecule has 3 N–H and O–H groups in total. The van der Waals surface area contributed by atoms with Crippen LogP contribution in [0, 0.1) is 5.82 Å². The van der Waals surface area contributed by atoms with Gasteiger partial charge in [0.1, 0.15) is 11.6 Å². The van der Waals surface area contributed by atoms with Crippen LogP contribution in [0.4, 0.5) is 22.0 Å². The van der Waals surface area contributed by atoms with Gasteiger partial charge in [0.2, 0.25) is 11.9 Å². The van der Waals surface area contributed by atoms with Gasteiger partial charge in [0.15, 0.2) is 18.1 Å². The number of nitrogens with two attached hydrogens (primary N) is 1. The Morgan fingerprint density at radius 1 is 1.11 bits per heavy atom. The molecule has 0 unspecified atom stereocenters. The summed E-state index contributed by atoms with van der Waals surface area (Å²) in [6.45, 7) is -0.218. The lowest BCUT2D eigenvalue weighted by atomic mass is 10.2. The summed E-state index contributed by atoms with van der Waals surface area (Å²) in [4.78, 5) is 25.4. The number of esters is 1. The maximum Gasteiger partial charge on any atom is 0.359 e. The predicted molar refractivity (Wildman–Crippen MR) is 125 cm³/mol. The maximum atomic E-state index is 13.3. The van der Waals surface area contributed by atoms with Crippen LogP contribution in [0.1, 0.15) is 34.0 Å². The lowest BCUT2D eigenvalue weighted by molar-refractivity contribution is 0.0453. The molecule has 0 radical (unpaired) electrons. The lowest BCUT2D eigenvalue weighted by Gasteiger charge is -2.10. The molecule has 0 spiro atoms. The Balaban J connectivity index is 1.34. The summed E-state index contributed by atoms with van der Waals surface area (Å²) in [5, 5.41) is 7.50. The van der Waals surface area contributed by atoms with Crippen molar-refractivity contribution in [1.29, 1.82) is 0 Å². The van der Waals surface area contributed by atoms with Crippen molar-refractivity contribution in [2.24, 2.45) is 0 Å². The Kier molecular flexibility index (Phi) is 5.96. The smallest absolute Gasteiger partial charge is 0.359 e. The molecule has 0 amide bonds. The third-order valence-electron chi connectivity index (χ3n) is 5.58. The number of carbonyl (C=O) groups excluding carboxylic acids is 1. The first-order valence-electron chi connectivity index (χ1n) is 11.0. The minimum Gasteiger partial charge on any atom is -0.495 e. The van der Waals surface area contributed by atoms with E-state index >= 15 is 0 Å². The summed E-state index contributed by atoms with van der Waals surface area (Å²) in [6, 6.07) is 13.2. The standard InChI is InChI=1S/C24H22FN7O3/c1-34-19-8-3-2-6-17(19)27-24-29-20(28-23(26)30-24)13-35-22(33)21-16-5-4-7-18(16)32(31-21)15-11-9-14(25)10-12-15/h2-3,6,8-12H,4-5,7,13H2,1H3,(H3,26,27,28,29,30). The zero-order chi connectivity index (χ0) is 24.4. The highest BCUT2D eigenvalue weighted by Gasteiger charge is 2.28. The highest BCUT2D eigenvalue weighted by Crippen LogP contribution is 2.29. The number of halogens is 1. The molecule has 2 aromatic carbocycles. The number of methoxy groups -OCH3 is 1. The molecule has 2 aromatic heterocycles. The van der Waals surface area contributed by atoms with Gasteiger partial charge in [-0.1, -0.05) is 12.1 Å². The molecule has 0 atom stereocenters. The maximum absolute atomic E-state index is 13.3. The summed E-state index contributed by atoms with van der Waals surface area (Å²) in [6.07, 6.45) is 2.39. The number of hydrogen-bond donors (Lipinski definition) is 2. The van der Waals surface area contributed by atoms with Gasteiger partial charge >= 0.3 is 5.97 Å². The second-order valence-electron chi connectivity index (χ2n) is 7.85. The van der Waals surface area contributed by atoms with Gasteiger partial charge in [-0.15, -0.1) is 0 Å². The van der Waals surface area contributed by atoms with E-state index in [4.69, 9.17) is 15.2 Å². The predicted octanol–water partition coefficient (Wildman–Crippen LogP) is 3.38. The Bertz CT molecular complexity index is 1390. The number of aromatic nitrogens is 5. The second-order valence-corrected chi connectivity index (χ2v) is 7.85. The number of benzene rings is 2. The Hall–Kier alpha value is -4.54. The SMILES string of the molecule is COc1ccccc1Nc1nc(N)nc(COC(=O)c2nn(-c3ccc(F)cc3)c3c2CCC3)n1. The number of carbonyl (C=O) groups is 1. The third kappa shape index (κ3) is 4.60. The Labute approximate surface area is 199 Å². The average molecular weight is 475 g/mol. The molecule has 1 aliphatic rings. The van der Waals surface area contributed by atoms with Crippen LogP contribution in [0.2, 0.25) is 0 Å². The van der Waals surface area contributed by atoms with Crippen LogP contribution in [0.5, 0.6) is 5.75 Å². The molecule has 0 fully saturated rings. The molecule has 0 aliphatic heterocycles. The monoisotopic (exact) mass is 475 g/mol. The van der Waals surface area contributed by atoms with Crippen LogP contribution in [-0.2, 0) is 24.2 Å². The summed E-state index contributed by atoms with van der Waals surface area (Å²) < 4.78 is 25.8. The lowest BCUT2D eigenvalue weighted by Crippen LogP contribution is -2.13. The molecule has 178 valence electrons. The summed E-state index contributed by atoms with van der Waals surface area (Å²) in [5.74, 6) is 0.0120. The van der Waals surface area contributed by atoms with Crippen molar-refractivity contribution >= 4 is 23.6 Å². The van der Waals surface area contributed by atoms with Gasteiger partial charge in [-0.25, -0.2) is 13.9 Å². The van der Waals surface area contributed by atoms with Crippen LogP contribution < -0.4 is 15.8 Å². The van der Waals surface area contributed by atoms with E-state index in [1.54, 1.807) is 36.1 Å². The fraction of sp³-hybridized carbons (Fsp3) is 0.208. The van der Waals surface area contributed by atoms with E-state index in [0.29, 0.717) is 23.5 Å². The van der Waals surface area contributed by atoms with Crippen LogP contribution in [0.25, 0.3) is 5.69 Å². The van der Waals surface area contributed by atoms with Crippen LogP contribution in [0.3, 0.4) is 0 Å². The summed E-state index contributed by atoms with van der Waals surface area (Å²) >= 11 is 0. The number of anilines is 3. The molecule has 2 heterocycles. The van der Waals surface area contributed by atoms with Gasteiger partial charge in [-0.3, -0.25) is 0 Å².